The molecule has 1 atom stereocenters. The average molecular weight is 316 g/mol. The van der Waals surface area contributed by atoms with E-state index in [1.807, 2.05) is 0 Å². The molecule has 4 nitrogen and oxygen atoms in total. The Balaban J connectivity index is 3.06. The first-order valence-corrected chi connectivity index (χ1v) is 7.00. The molecule has 0 N–H and O–H groups in total. The predicted octanol–water partition coefficient (Wildman–Crippen LogP) is 3.14. The standard InChI is InChI=1S/C15H19ClFNO3/c1-9(2)18(8-10(3)15(20)21-4)14(19)13-11(16)6-5-7-12(13)17/h5-7,9-10H,8H2,1-4H3. The molecule has 0 saturated carbocycles. The van der Waals surface area contributed by atoms with Gasteiger partial charge in [-0.05, 0) is 26.0 Å². The van der Waals surface area contributed by atoms with Gasteiger partial charge in [0.05, 0.1) is 23.6 Å². The summed E-state index contributed by atoms with van der Waals surface area (Å²) in [6, 6.07) is 3.87. The van der Waals surface area contributed by atoms with Gasteiger partial charge in [-0.15, -0.1) is 0 Å². The normalized spacial score (nSPS) is 12.1. The summed E-state index contributed by atoms with van der Waals surface area (Å²) in [5, 5.41) is 0.0522. The van der Waals surface area contributed by atoms with Gasteiger partial charge in [-0.25, -0.2) is 4.39 Å². The largest absolute Gasteiger partial charge is 0.469 e. The van der Waals surface area contributed by atoms with Crippen LogP contribution in [0.25, 0.3) is 0 Å². The summed E-state index contributed by atoms with van der Waals surface area (Å²) < 4.78 is 18.5. The van der Waals surface area contributed by atoms with E-state index in [1.54, 1.807) is 20.8 Å². The van der Waals surface area contributed by atoms with Crippen LogP contribution in [0.4, 0.5) is 4.39 Å². The molecule has 0 bridgehead atoms. The van der Waals surface area contributed by atoms with Crippen LogP contribution in [-0.2, 0) is 9.53 Å². The van der Waals surface area contributed by atoms with Crippen molar-refractivity contribution < 1.29 is 18.7 Å². The third-order valence-electron chi connectivity index (χ3n) is 3.13. The number of esters is 1. The van der Waals surface area contributed by atoms with Crippen molar-refractivity contribution in [2.24, 2.45) is 5.92 Å². The minimum atomic E-state index is -0.677. The van der Waals surface area contributed by atoms with E-state index in [2.05, 4.69) is 4.74 Å². The van der Waals surface area contributed by atoms with Gasteiger partial charge >= 0.3 is 5.97 Å². The molecule has 6 heteroatoms. The van der Waals surface area contributed by atoms with Gasteiger partial charge in [0.25, 0.3) is 5.91 Å². The molecule has 0 saturated heterocycles. The molecule has 116 valence electrons. The Bertz CT molecular complexity index is 513. The average Bonchev–Trinajstić information content (AvgIpc) is 2.42. The number of methoxy groups -OCH3 is 1. The van der Waals surface area contributed by atoms with Crippen LogP contribution in [0.15, 0.2) is 18.2 Å². The lowest BCUT2D eigenvalue weighted by molar-refractivity contribution is -0.145. The monoisotopic (exact) mass is 315 g/mol. The molecule has 0 aromatic heterocycles. The Kier molecular flexibility index (Phi) is 6.15. The first kappa shape index (κ1) is 17.4. The Hall–Kier alpha value is -1.62. The van der Waals surface area contributed by atoms with Crippen molar-refractivity contribution in [3.05, 3.63) is 34.6 Å². The third kappa shape index (κ3) is 4.17. The number of benzene rings is 1. The fourth-order valence-corrected chi connectivity index (χ4v) is 2.19. The lowest BCUT2D eigenvalue weighted by Crippen LogP contribution is -2.42. The van der Waals surface area contributed by atoms with E-state index in [4.69, 9.17) is 11.6 Å². The predicted molar refractivity (Wildman–Crippen MR) is 78.8 cm³/mol. The van der Waals surface area contributed by atoms with E-state index in [9.17, 15) is 14.0 Å². The molecule has 0 spiro atoms. The minimum Gasteiger partial charge on any atom is -0.469 e. The van der Waals surface area contributed by atoms with Gasteiger partial charge in [-0.1, -0.05) is 24.6 Å². The smallest absolute Gasteiger partial charge is 0.310 e. The Morgan fingerprint density at radius 2 is 1.95 bits per heavy atom. The molecule has 0 heterocycles. The van der Waals surface area contributed by atoms with E-state index < -0.39 is 23.6 Å². The van der Waals surface area contributed by atoms with Crippen LogP contribution < -0.4 is 0 Å². The minimum absolute atomic E-state index is 0.0522. The van der Waals surface area contributed by atoms with Crippen LogP contribution >= 0.6 is 11.6 Å². The molecular formula is C15H19ClFNO3. The summed E-state index contributed by atoms with van der Waals surface area (Å²) in [7, 11) is 1.29. The summed E-state index contributed by atoms with van der Waals surface area (Å²) >= 11 is 5.92. The second-order valence-electron chi connectivity index (χ2n) is 5.07. The summed E-state index contributed by atoms with van der Waals surface area (Å²) in [6.07, 6.45) is 0. The Morgan fingerprint density at radius 3 is 2.43 bits per heavy atom. The molecule has 0 radical (unpaired) electrons. The Morgan fingerprint density at radius 1 is 1.33 bits per heavy atom. The van der Waals surface area contributed by atoms with Crippen molar-refractivity contribution in [2.75, 3.05) is 13.7 Å². The van der Waals surface area contributed by atoms with Gasteiger partial charge in [0.2, 0.25) is 0 Å². The van der Waals surface area contributed by atoms with Crippen molar-refractivity contribution in [2.45, 2.75) is 26.8 Å². The van der Waals surface area contributed by atoms with Crippen LogP contribution in [0.1, 0.15) is 31.1 Å². The number of ether oxygens (including phenoxy) is 1. The van der Waals surface area contributed by atoms with Gasteiger partial charge < -0.3 is 9.64 Å². The molecular weight excluding hydrogens is 297 g/mol. The zero-order valence-corrected chi connectivity index (χ0v) is 13.3. The highest BCUT2D eigenvalue weighted by atomic mass is 35.5. The molecule has 1 rings (SSSR count). The van der Waals surface area contributed by atoms with Crippen molar-refractivity contribution >= 4 is 23.5 Å². The van der Waals surface area contributed by atoms with E-state index in [0.29, 0.717) is 0 Å². The van der Waals surface area contributed by atoms with Crippen LogP contribution in [0.5, 0.6) is 0 Å². The number of hydrogen-bond acceptors (Lipinski definition) is 3. The zero-order valence-electron chi connectivity index (χ0n) is 12.5. The topological polar surface area (TPSA) is 46.6 Å². The van der Waals surface area contributed by atoms with E-state index in [1.165, 1.54) is 30.2 Å². The first-order chi connectivity index (χ1) is 9.79. The van der Waals surface area contributed by atoms with Gasteiger partial charge in [0, 0.05) is 12.6 Å². The maximum absolute atomic E-state index is 13.9. The molecule has 1 amide bonds. The SMILES string of the molecule is COC(=O)C(C)CN(C(=O)c1c(F)cccc1Cl)C(C)C. The molecule has 1 aromatic rings. The summed E-state index contributed by atoms with van der Waals surface area (Å²) in [5.74, 6) is -2.15. The van der Waals surface area contributed by atoms with Crippen LogP contribution in [0.3, 0.4) is 0 Å². The highest BCUT2D eigenvalue weighted by Crippen LogP contribution is 2.22. The van der Waals surface area contributed by atoms with E-state index in [0.717, 1.165) is 0 Å². The number of nitrogens with zero attached hydrogens (tertiary/aromatic N) is 1. The van der Waals surface area contributed by atoms with Crippen LogP contribution in [0, 0.1) is 11.7 Å². The fourth-order valence-electron chi connectivity index (χ4n) is 1.94. The number of hydrogen-bond donors (Lipinski definition) is 0. The van der Waals surface area contributed by atoms with E-state index >= 15 is 0 Å². The number of carbonyl (C=O) groups excluding carboxylic acids is 2. The third-order valence-corrected chi connectivity index (χ3v) is 3.45. The molecule has 1 unspecified atom stereocenters. The molecule has 21 heavy (non-hydrogen) atoms. The van der Waals surface area contributed by atoms with Crippen molar-refractivity contribution in [1.29, 1.82) is 0 Å². The van der Waals surface area contributed by atoms with Gasteiger partial charge in [0.1, 0.15) is 5.82 Å². The number of rotatable bonds is 5. The lowest BCUT2D eigenvalue weighted by Gasteiger charge is -2.29. The quantitative estimate of drug-likeness (QED) is 0.784. The Labute approximate surface area is 128 Å². The van der Waals surface area contributed by atoms with Crippen molar-refractivity contribution in [3.63, 3.8) is 0 Å². The van der Waals surface area contributed by atoms with Gasteiger partial charge in [-0.2, -0.15) is 0 Å². The summed E-state index contributed by atoms with van der Waals surface area (Å²) in [5.41, 5.74) is -0.176. The molecule has 0 fully saturated rings. The van der Waals surface area contributed by atoms with Crippen LogP contribution in [0.2, 0.25) is 5.02 Å². The van der Waals surface area contributed by atoms with Gasteiger partial charge in [0.15, 0.2) is 0 Å². The number of carbonyl (C=O) groups is 2. The first-order valence-electron chi connectivity index (χ1n) is 6.62. The van der Waals surface area contributed by atoms with Crippen LogP contribution in [-0.4, -0.2) is 36.5 Å². The molecule has 0 aliphatic rings. The molecule has 1 aromatic carbocycles. The van der Waals surface area contributed by atoms with Crippen molar-refractivity contribution in [1.82, 2.24) is 4.90 Å². The highest BCUT2D eigenvalue weighted by Gasteiger charge is 2.27. The summed E-state index contributed by atoms with van der Waals surface area (Å²) in [4.78, 5) is 25.4. The highest BCUT2D eigenvalue weighted by molar-refractivity contribution is 6.33. The molecule has 0 aliphatic carbocycles. The van der Waals surface area contributed by atoms with Gasteiger partial charge in [-0.3, -0.25) is 9.59 Å². The maximum Gasteiger partial charge on any atom is 0.310 e. The second kappa shape index (κ2) is 7.41. The fraction of sp³-hybridized carbons (Fsp3) is 0.467. The second-order valence-corrected chi connectivity index (χ2v) is 5.48. The molecule has 0 aliphatic heterocycles. The zero-order chi connectivity index (χ0) is 16.2. The number of amides is 1. The van der Waals surface area contributed by atoms with Crippen molar-refractivity contribution in [3.8, 4) is 0 Å². The maximum atomic E-state index is 13.9. The lowest BCUT2D eigenvalue weighted by atomic mass is 10.1. The van der Waals surface area contributed by atoms with E-state index in [-0.39, 0.29) is 23.2 Å². The number of halogens is 2. The summed E-state index contributed by atoms with van der Waals surface area (Å²) in [6.45, 7) is 5.36.